The van der Waals surface area contributed by atoms with Crippen molar-refractivity contribution in [2.45, 2.75) is 40.0 Å². The molecule has 0 unspecified atom stereocenters. The number of hydrogen-bond acceptors (Lipinski definition) is 3. The van der Waals surface area contributed by atoms with E-state index in [-0.39, 0.29) is 5.97 Å². The number of ether oxygens (including phenoxy) is 1. The van der Waals surface area contributed by atoms with E-state index in [9.17, 15) is 4.79 Å². The molecule has 0 amide bonds. The molecule has 1 aliphatic carbocycles. The number of rotatable bonds is 4. The van der Waals surface area contributed by atoms with Crippen LogP contribution < -0.4 is 0 Å². The van der Waals surface area contributed by atoms with Crippen molar-refractivity contribution >= 4 is 5.97 Å². The van der Waals surface area contributed by atoms with Crippen molar-refractivity contribution in [3.8, 4) is 0 Å². The molecule has 1 fully saturated rings. The minimum absolute atomic E-state index is 0.0485. The Labute approximate surface area is 117 Å². The molecular weight excluding hydrogens is 238 g/mol. The van der Waals surface area contributed by atoms with Crippen molar-refractivity contribution in [1.29, 1.82) is 0 Å². The zero-order valence-corrected chi connectivity index (χ0v) is 12.5. The van der Waals surface area contributed by atoms with Crippen LogP contribution in [0.3, 0.4) is 0 Å². The van der Waals surface area contributed by atoms with Gasteiger partial charge in [0, 0.05) is 5.92 Å². The van der Waals surface area contributed by atoms with Crippen LogP contribution in [0.5, 0.6) is 0 Å². The summed E-state index contributed by atoms with van der Waals surface area (Å²) in [4.78, 5) is 14.0. The van der Waals surface area contributed by atoms with Crippen LogP contribution in [0, 0.1) is 17.8 Å². The fourth-order valence-corrected chi connectivity index (χ4v) is 3.49. The Kier molecular flexibility index (Phi) is 5.03. The van der Waals surface area contributed by atoms with Gasteiger partial charge in [-0.15, -0.1) is 0 Å². The lowest BCUT2D eigenvalue weighted by Gasteiger charge is -2.32. The maximum atomic E-state index is 11.8. The highest BCUT2D eigenvalue weighted by Crippen LogP contribution is 2.33. The summed E-state index contributed by atoms with van der Waals surface area (Å²) in [7, 11) is 0. The Hall–Kier alpha value is -0.830. The molecule has 19 heavy (non-hydrogen) atoms. The molecule has 0 spiro atoms. The van der Waals surface area contributed by atoms with E-state index in [0.717, 1.165) is 19.5 Å². The Morgan fingerprint density at radius 2 is 2.05 bits per heavy atom. The first-order valence-electron chi connectivity index (χ1n) is 7.61. The first-order chi connectivity index (χ1) is 9.06. The van der Waals surface area contributed by atoms with Gasteiger partial charge < -0.3 is 4.74 Å². The smallest absolute Gasteiger partial charge is 0.320 e. The third-order valence-electron chi connectivity index (χ3n) is 4.59. The summed E-state index contributed by atoms with van der Waals surface area (Å²) in [6.45, 7) is 9.86. The Balaban J connectivity index is 1.76. The highest BCUT2D eigenvalue weighted by molar-refractivity contribution is 5.71. The molecule has 1 aliphatic heterocycles. The van der Waals surface area contributed by atoms with E-state index in [1.807, 2.05) is 0 Å². The summed E-state index contributed by atoms with van der Waals surface area (Å²) in [5.41, 5.74) is 1.47. The number of hydrogen-bond donors (Lipinski definition) is 0. The highest BCUT2D eigenvalue weighted by Gasteiger charge is 2.28. The molecule has 0 radical (unpaired) electrons. The lowest BCUT2D eigenvalue weighted by molar-refractivity contribution is -0.147. The zero-order valence-electron chi connectivity index (χ0n) is 12.5. The van der Waals surface area contributed by atoms with Gasteiger partial charge in [0.2, 0.25) is 0 Å². The van der Waals surface area contributed by atoms with Gasteiger partial charge in [0.05, 0.1) is 13.2 Å². The minimum atomic E-state index is -0.0485. The maximum Gasteiger partial charge on any atom is 0.320 e. The number of esters is 1. The average molecular weight is 265 g/mol. The Morgan fingerprint density at radius 3 is 2.68 bits per heavy atom. The SMILES string of the molecule is CC1=C[C@H](C)[C@H](COC(=O)CN2CCCC2)[C@H](C)C1. The second-order valence-electron chi connectivity index (χ2n) is 6.38. The highest BCUT2D eigenvalue weighted by atomic mass is 16.5. The quantitative estimate of drug-likeness (QED) is 0.578. The number of carbonyl (C=O) groups excluding carboxylic acids is 1. The first-order valence-corrected chi connectivity index (χ1v) is 7.61. The molecule has 0 aromatic rings. The number of carbonyl (C=O) groups is 1. The lowest BCUT2D eigenvalue weighted by Crippen LogP contribution is -2.32. The Bertz CT molecular complexity index is 345. The van der Waals surface area contributed by atoms with Gasteiger partial charge in [-0.1, -0.05) is 25.5 Å². The van der Waals surface area contributed by atoms with Crippen LogP contribution >= 0.6 is 0 Å². The average Bonchev–Trinajstić information content (AvgIpc) is 2.80. The molecule has 3 atom stereocenters. The second kappa shape index (κ2) is 6.56. The van der Waals surface area contributed by atoms with Gasteiger partial charge in [-0.2, -0.15) is 0 Å². The maximum absolute atomic E-state index is 11.8. The molecular formula is C16H27NO2. The van der Waals surface area contributed by atoms with E-state index in [2.05, 4.69) is 31.7 Å². The molecule has 1 saturated heterocycles. The van der Waals surface area contributed by atoms with Crippen molar-refractivity contribution in [2.24, 2.45) is 17.8 Å². The lowest BCUT2D eigenvalue weighted by atomic mass is 9.75. The Morgan fingerprint density at radius 1 is 1.37 bits per heavy atom. The largest absolute Gasteiger partial charge is 0.464 e. The van der Waals surface area contributed by atoms with Crippen LogP contribution in [-0.4, -0.2) is 37.1 Å². The molecule has 0 saturated carbocycles. The summed E-state index contributed by atoms with van der Waals surface area (Å²) in [6, 6.07) is 0. The van der Waals surface area contributed by atoms with Crippen LogP contribution in [0.15, 0.2) is 11.6 Å². The fourth-order valence-electron chi connectivity index (χ4n) is 3.49. The van der Waals surface area contributed by atoms with E-state index in [4.69, 9.17) is 4.74 Å². The summed E-state index contributed by atoms with van der Waals surface area (Å²) >= 11 is 0. The van der Waals surface area contributed by atoms with Crippen molar-refractivity contribution in [2.75, 3.05) is 26.2 Å². The summed E-state index contributed by atoms with van der Waals surface area (Å²) in [5, 5.41) is 0. The minimum Gasteiger partial charge on any atom is -0.464 e. The molecule has 3 heteroatoms. The third kappa shape index (κ3) is 4.07. The number of likely N-dealkylation sites (tertiary alicyclic amines) is 1. The summed E-state index contributed by atoms with van der Waals surface area (Å²) in [5.74, 6) is 1.56. The van der Waals surface area contributed by atoms with Crippen LogP contribution in [0.1, 0.15) is 40.0 Å². The number of nitrogens with zero attached hydrogens (tertiary/aromatic N) is 1. The van der Waals surface area contributed by atoms with Gasteiger partial charge >= 0.3 is 5.97 Å². The summed E-state index contributed by atoms with van der Waals surface area (Å²) in [6.07, 6.45) is 5.90. The van der Waals surface area contributed by atoms with Crippen LogP contribution in [0.25, 0.3) is 0 Å². The number of allylic oxidation sites excluding steroid dienone is 2. The molecule has 2 aliphatic rings. The van der Waals surface area contributed by atoms with Crippen molar-refractivity contribution in [3.05, 3.63) is 11.6 Å². The topological polar surface area (TPSA) is 29.5 Å². The van der Waals surface area contributed by atoms with Crippen LogP contribution in [0.2, 0.25) is 0 Å². The molecule has 108 valence electrons. The molecule has 0 aromatic carbocycles. The standard InChI is InChI=1S/C16H27NO2/c1-12-8-13(2)15(14(3)9-12)11-19-16(18)10-17-6-4-5-7-17/h8,13-15H,4-7,9-11H2,1-3H3/t13-,14+,15-/m0/s1. The fraction of sp³-hybridized carbons (Fsp3) is 0.812. The summed E-state index contributed by atoms with van der Waals surface area (Å²) < 4.78 is 5.51. The van der Waals surface area contributed by atoms with Gasteiger partial charge in [-0.25, -0.2) is 0 Å². The third-order valence-corrected chi connectivity index (χ3v) is 4.59. The van der Waals surface area contributed by atoms with E-state index in [1.165, 1.54) is 18.4 Å². The van der Waals surface area contributed by atoms with Crippen molar-refractivity contribution in [1.82, 2.24) is 4.90 Å². The molecule has 3 nitrogen and oxygen atoms in total. The van der Waals surface area contributed by atoms with E-state index in [1.54, 1.807) is 0 Å². The van der Waals surface area contributed by atoms with E-state index < -0.39 is 0 Å². The second-order valence-corrected chi connectivity index (χ2v) is 6.38. The van der Waals surface area contributed by atoms with Gasteiger partial charge in [-0.3, -0.25) is 9.69 Å². The monoisotopic (exact) mass is 265 g/mol. The van der Waals surface area contributed by atoms with E-state index >= 15 is 0 Å². The van der Waals surface area contributed by atoms with Gasteiger partial charge in [0.15, 0.2) is 0 Å². The van der Waals surface area contributed by atoms with Crippen molar-refractivity contribution < 1.29 is 9.53 Å². The first kappa shape index (κ1) is 14.6. The van der Waals surface area contributed by atoms with Crippen LogP contribution in [-0.2, 0) is 9.53 Å². The molecule has 0 bridgehead atoms. The molecule has 1 heterocycles. The molecule has 0 N–H and O–H groups in total. The molecule has 0 aromatic heterocycles. The zero-order chi connectivity index (χ0) is 13.8. The normalized spacial score (nSPS) is 32.2. The van der Waals surface area contributed by atoms with Gasteiger partial charge in [0.1, 0.15) is 0 Å². The van der Waals surface area contributed by atoms with Crippen LogP contribution in [0.4, 0.5) is 0 Å². The van der Waals surface area contributed by atoms with Gasteiger partial charge in [0.25, 0.3) is 0 Å². The predicted molar refractivity (Wildman–Crippen MR) is 76.8 cm³/mol. The molecule has 2 rings (SSSR count). The van der Waals surface area contributed by atoms with Crippen molar-refractivity contribution in [3.63, 3.8) is 0 Å². The van der Waals surface area contributed by atoms with Gasteiger partial charge in [-0.05, 0) is 51.1 Å². The van der Waals surface area contributed by atoms with E-state index in [0.29, 0.717) is 30.9 Å². The predicted octanol–water partition coefficient (Wildman–Crippen LogP) is 2.86.